The lowest BCUT2D eigenvalue weighted by atomic mass is 10.0. The predicted octanol–water partition coefficient (Wildman–Crippen LogP) is 2.95. The van der Waals surface area contributed by atoms with Crippen LogP contribution in [0.3, 0.4) is 0 Å². The Morgan fingerprint density at radius 3 is 2.88 bits per heavy atom. The number of aromatic nitrogens is 2. The topological polar surface area (TPSA) is 38.0 Å². The van der Waals surface area contributed by atoms with Gasteiger partial charge in [-0.25, -0.2) is 0 Å². The van der Waals surface area contributed by atoms with Gasteiger partial charge in [0.1, 0.15) is 6.10 Å². The number of hydrogen-bond donors (Lipinski definition) is 1. The van der Waals surface area contributed by atoms with Crippen molar-refractivity contribution in [2.75, 3.05) is 0 Å². The van der Waals surface area contributed by atoms with E-state index in [4.69, 9.17) is 11.6 Å². The molecule has 17 heavy (non-hydrogen) atoms. The van der Waals surface area contributed by atoms with Crippen LogP contribution >= 0.6 is 11.6 Å². The molecule has 0 aliphatic carbocycles. The number of nitrogens with zero attached hydrogens (tertiary/aromatic N) is 2. The molecule has 1 aromatic heterocycles. The van der Waals surface area contributed by atoms with E-state index in [1.165, 1.54) is 0 Å². The van der Waals surface area contributed by atoms with Crippen LogP contribution in [0.1, 0.15) is 29.8 Å². The smallest absolute Gasteiger partial charge is 0.122 e. The molecule has 2 rings (SSSR count). The molecule has 0 bridgehead atoms. The first kappa shape index (κ1) is 12.1. The average Bonchev–Trinajstić information content (AvgIpc) is 2.69. The molecular weight excluding hydrogens is 236 g/mol. The molecule has 4 heteroatoms. The number of aryl methyl sites for hydroxylation is 2. The molecule has 0 amide bonds. The molecule has 0 saturated heterocycles. The zero-order valence-electron chi connectivity index (χ0n) is 9.89. The van der Waals surface area contributed by atoms with Crippen LogP contribution in [0.2, 0.25) is 5.02 Å². The first-order valence-corrected chi connectivity index (χ1v) is 5.97. The second-order valence-corrected chi connectivity index (χ2v) is 4.42. The predicted molar refractivity (Wildman–Crippen MR) is 68.2 cm³/mol. The number of aliphatic hydroxyl groups excluding tert-OH is 1. The van der Waals surface area contributed by atoms with Gasteiger partial charge in [-0.1, -0.05) is 41.4 Å². The van der Waals surface area contributed by atoms with E-state index in [0.29, 0.717) is 17.3 Å². The summed E-state index contributed by atoms with van der Waals surface area (Å²) in [7, 11) is 0. The van der Waals surface area contributed by atoms with Gasteiger partial charge in [0.15, 0.2) is 0 Å². The van der Waals surface area contributed by atoms with Gasteiger partial charge >= 0.3 is 0 Å². The Labute approximate surface area is 106 Å². The van der Waals surface area contributed by atoms with Gasteiger partial charge in [0.25, 0.3) is 0 Å². The molecule has 3 nitrogen and oxygen atoms in total. The van der Waals surface area contributed by atoms with Crippen LogP contribution < -0.4 is 0 Å². The summed E-state index contributed by atoms with van der Waals surface area (Å²) < 4.78 is 1.72. The maximum atomic E-state index is 10.4. The Hall–Kier alpha value is -1.32. The average molecular weight is 251 g/mol. The first-order chi connectivity index (χ1) is 8.13. The largest absolute Gasteiger partial charge is 0.382 e. The molecule has 0 saturated carbocycles. The Balaban J connectivity index is 2.43. The fraction of sp³-hybridized carbons (Fsp3) is 0.308. The van der Waals surface area contributed by atoms with Crippen molar-refractivity contribution in [1.82, 2.24) is 9.78 Å². The summed E-state index contributed by atoms with van der Waals surface area (Å²) in [5.74, 6) is 0. The summed E-state index contributed by atoms with van der Waals surface area (Å²) >= 11 is 6.06. The van der Waals surface area contributed by atoms with Crippen LogP contribution in [0, 0.1) is 6.92 Å². The molecular formula is C13H15ClN2O. The van der Waals surface area contributed by atoms with Gasteiger partial charge in [-0.2, -0.15) is 5.10 Å². The highest BCUT2D eigenvalue weighted by Crippen LogP contribution is 2.28. The standard InChI is InChI=1S/C13H15ClN2O/c1-3-16-12(11(14)8-15-16)13(17)10-6-4-5-9(2)7-10/h4-8,13,17H,3H2,1-2H3. The molecule has 0 aliphatic heterocycles. The van der Waals surface area contributed by atoms with Crippen molar-refractivity contribution in [1.29, 1.82) is 0 Å². The number of benzene rings is 1. The van der Waals surface area contributed by atoms with Crippen molar-refractivity contribution in [2.45, 2.75) is 26.5 Å². The van der Waals surface area contributed by atoms with Gasteiger partial charge in [-0.15, -0.1) is 0 Å². The van der Waals surface area contributed by atoms with Crippen LogP contribution in [0.15, 0.2) is 30.5 Å². The maximum absolute atomic E-state index is 10.4. The highest BCUT2D eigenvalue weighted by atomic mass is 35.5. The zero-order chi connectivity index (χ0) is 12.4. The molecule has 2 aromatic rings. The number of hydrogen-bond acceptors (Lipinski definition) is 2. The third-order valence-electron chi connectivity index (χ3n) is 2.75. The summed E-state index contributed by atoms with van der Waals surface area (Å²) in [6, 6.07) is 7.76. The van der Waals surface area contributed by atoms with E-state index >= 15 is 0 Å². The minimum absolute atomic E-state index is 0.501. The molecule has 0 radical (unpaired) electrons. The van der Waals surface area contributed by atoms with Crippen molar-refractivity contribution in [3.63, 3.8) is 0 Å². The maximum Gasteiger partial charge on any atom is 0.122 e. The van der Waals surface area contributed by atoms with Crippen LogP contribution in [0.4, 0.5) is 0 Å². The van der Waals surface area contributed by atoms with E-state index < -0.39 is 6.10 Å². The SMILES string of the molecule is CCn1ncc(Cl)c1C(O)c1cccc(C)c1. The van der Waals surface area contributed by atoms with Crippen molar-refractivity contribution in [3.05, 3.63) is 52.3 Å². The second-order valence-electron chi connectivity index (χ2n) is 4.01. The molecule has 1 aromatic carbocycles. The minimum Gasteiger partial charge on any atom is -0.382 e. The van der Waals surface area contributed by atoms with Crippen molar-refractivity contribution < 1.29 is 5.11 Å². The molecule has 90 valence electrons. The van der Waals surface area contributed by atoms with Gasteiger partial charge in [-0.05, 0) is 19.4 Å². The van der Waals surface area contributed by atoms with Gasteiger partial charge in [-0.3, -0.25) is 4.68 Å². The molecule has 0 fully saturated rings. The summed E-state index contributed by atoms with van der Waals surface area (Å²) in [6.45, 7) is 4.65. The Kier molecular flexibility index (Phi) is 3.50. The summed E-state index contributed by atoms with van der Waals surface area (Å²) in [4.78, 5) is 0. The second kappa shape index (κ2) is 4.90. The lowest BCUT2D eigenvalue weighted by Crippen LogP contribution is -2.09. The molecule has 0 spiro atoms. The lowest BCUT2D eigenvalue weighted by Gasteiger charge is -2.14. The fourth-order valence-corrected chi connectivity index (χ4v) is 2.14. The van der Waals surface area contributed by atoms with E-state index in [9.17, 15) is 5.11 Å². The summed E-state index contributed by atoms with van der Waals surface area (Å²) in [5, 5.41) is 15.0. The minimum atomic E-state index is -0.732. The monoisotopic (exact) mass is 250 g/mol. The summed E-state index contributed by atoms with van der Waals surface area (Å²) in [5.41, 5.74) is 2.60. The van der Waals surface area contributed by atoms with Crippen LogP contribution in [-0.4, -0.2) is 14.9 Å². The Morgan fingerprint density at radius 1 is 1.47 bits per heavy atom. The van der Waals surface area contributed by atoms with Gasteiger partial charge in [0.2, 0.25) is 0 Å². The molecule has 0 aliphatic rings. The number of rotatable bonds is 3. The van der Waals surface area contributed by atoms with E-state index in [1.54, 1.807) is 10.9 Å². The van der Waals surface area contributed by atoms with Crippen molar-refractivity contribution in [2.24, 2.45) is 0 Å². The Bertz CT molecular complexity index is 522. The zero-order valence-corrected chi connectivity index (χ0v) is 10.6. The van der Waals surface area contributed by atoms with Crippen LogP contribution in [-0.2, 0) is 6.54 Å². The fourth-order valence-electron chi connectivity index (χ4n) is 1.89. The number of halogens is 1. The van der Waals surface area contributed by atoms with E-state index in [0.717, 1.165) is 11.1 Å². The highest BCUT2D eigenvalue weighted by Gasteiger charge is 2.19. The third kappa shape index (κ3) is 2.35. The quantitative estimate of drug-likeness (QED) is 0.910. The highest BCUT2D eigenvalue weighted by molar-refractivity contribution is 6.31. The van der Waals surface area contributed by atoms with Gasteiger partial charge in [0, 0.05) is 6.54 Å². The number of aliphatic hydroxyl groups is 1. The van der Waals surface area contributed by atoms with Crippen LogP contribution in [0.25, 0.3) is 0 Å². The van der Waals surface area contributed by atoms with E-state index in [-0.39, 0.29) is 0 Å². The molecule has 1 atom stereocenters. The lowest BCUT2D eigenvalue weighted by molar-refractivity contribution is 0.208. The third-order valence-corrected chi connectivity index (χ3v) is 3.04. The first-order valence-electron chi connectivity index (χ1n) is 5.59. The molecule has 1 unspecified atom stereocenters. The van der Waals surface area contributed by atoms with E-state index in [1.807, 2.05) is 38.1 Å². The van der Waals surface area contributed by atoms with Crippen molar-refractivity contribution >= 4 is 11.6 Å². The van der Waals surface area contributed by atoms with Crippen molar-refractivity contribution in [3.8, 4) is 0 Å². The van der Waals surface area contributed by atoms with E-state index in [2.05, 4.69) is 5.10 Å². The molecule has 1 heterocycles. The van der Waals surface area contributed by atoms with Gasteiger partial charge < -0.3 is 5.11 Å². The molecule has 1 N–H and O–H groups in total. The Morgan fingerprint density at radius 2 is 2.24 bits per heavy atom. The van der Waals surface area contributed by atoms with Gasteiger partial charge in [0.05, 0.1) is 16.9 Å². The van der Waals surface area contributed by atoms with Crippen LogP contribution in [0.5, 0.6) is 0 Å². The summed E-state index contributed by atoms with van der Waals surface area (Å²) in [6.07, 6.45) is 0.837. The normalized spacial score (nSPS) is 12.7.